The molecule has 1 fully saturated rings. The molecule has 2 aromatic rings. The van der Waals surface area contributed by atoms with Crippen LogP contribution < -0.4 is 5.32 Å². The van der Waals surface area contributed by atoms with E-state index in [1.165, 1.54) is 5.56 Å². The van der Waals surface area contributed by atoms with Crippen molar-refractivity contribution >= 4 is 6.09 Å². The van der Waals surface area contributed by atoms with E-state index in [1.807, 2.05) is 30.3 Å². The van der Waals surface area contributed by atoms with Crippen LogP contribution in [0.15, 0.2) is 47.1 Å². The van der Waals surface area contributed by atoms with Crippen molar-refractivity contribution in [3.05, 3.63) is 59.5 Å². The van der Waals surface area contributed by atoms with Crippen molar-refractivity contribution in [1.82, 2.24) is 10.2 Å². The van der Waals surface area contributed by atoms with Gasteiger partial charge in [-0.25, -0.2) is 4.79 Å². The van der Waals surface area contributed by atoms with E-state index < -0.39 is 0 Å². The highest BCUT2D eigenvalue weighted by molar-refractivity contribution is 5.67. The summed E-state index contributed by atoms with van der Waals surface area (Å²) in [5.41, 5.74) is 2.19. The van der Waals surface area contributed by atoms with Crippen molar-refractivity contribution in [1.29, 1.82) is 0 Å². The highest BCUT2D eigenvalue weighted by Crippen LogP contribution is 2.38. The lowest BCUT2D eigenvalue weighted by Crippen LogP contribution is -2.54. The Kier molecular flexibility index (Phi) is 4.02. The smallest absolute Gasteiger partial charge is 0.410 e. The maximum absolute atomic E-state index is 12.3. The molecule has 5 heteroatoms. The quantitative estimate of drug-likeness (QED) is 0.921. The summed E-state index contributed by atoms with van der Waals surface area (Å²) in [6.07, 6.45) is 4.27. The second kappa shape index (κ2) is 6.32. The lowest BCUT2D eigenvalue weighted by atomic mass is 9.80. The first-order valence-corrected chi connectivity index (χ1v) is 8.54. The summed E-state index contributed by atoms with van der Waals surface area (Å²) in [6.45, 7) is 2.65. The summed E-state index contributed by atoms with van der Waals surface area (Å²) in [6, 6.07) is 11.8. The van der Waals surface area contributed by atoms with Gasteiger partial charge in [0, 0.05) is 19.6 Å². The standard InChI is InChI=1S/C19H22N2O3/c22-18(24-14-15-4-2-1-3-5-15)21-11-8-19(9-12-21)17-16(6-10-20-19)7-13-23-17/h1-5,7,13,20H,6,8-12,14H2. The van der Waals surface area contributed by atoms with E-state index in [0.717, 1.165) is 37.1 Å². The minimum absolute atomic E-state index is 0.118. The number of carbonyl (C=O) groups excluding carboxylic acids is 1. The number of nitrogens with zero attached hydrogens (tertiary/aromatic N) is 1. The van der Waals surface area contributed by atoms with E-state index in [0.29, 0.717) is 19.7 Å². The molecule has 0 radical (unpaired) electrons. The molecule has 3 heterocycles. The number of ether oxygens (including phenoxy) is 1. The molecule has 2 aliphatic rings. The summed E-state index contributed by atoms with van der Waals surface area (Å²) < 4.78 is 11.2. The Balaban J connectivity index is 1.36. The Bertz CT molecular complexity index is 702. The van der Waals surface area contributed by atoms with Crippen LogP contribution in [0.5, 0.6) is 0 Å². The Morgan fingerprint density at radius 3 is 2.79 bits per heavy atom. The first-order valence-electron chi connectivity index (χ1n) is 8.54. The molecule has 1 saturated heterocycles. The Morgan fingerprint density at radius 2 is 2.00 bits per heavy atom. The van der Waals surface area contributed by atoms with Gasteiger partial charge in [0.05, 0.1) is 11.8 Å². The molecule has 1 aromatic carbocycles. The number of amides is 1. The molecule has 4 rings (SSSR count). The van der Waals surface area contributed by atoms with Crippen LogP contribution in [0, 0.1) is 0 Å². The van der Waals surface area contributed by atoms with Crippen molar-refractivity contribution in [2.75, 3.05) is 19.6 Å². The number of carbonyl (C=O) groups is 1. The molecule has 24 heavy (non-hydrogen) atoms. The number of rotatable bonds is 2. The minimum Gasteiger partial charge on any atom is -0.467 e. The van der Waals surface area contributed by atoms with E-state index in [9.17, 15) is 4.79 Å². The number of nitrogens with one attached hydrogen (secondary N) is 1. The number of likely N-dealkylation sites (tertiary alicyclic amines) is 1. The fourth-order valence-corrected chi connectivity index (χ4v) is 3.75. The number of benzene rings is 1. The molecular weight excluding hydrogens is 304 g/mol. The summed E-state index contributed by atoms with van der Waals surface area (Å²) in [5, 5.41) is 3.62. The molecular formula is C19H22N2O3. The predicted octanol–water partition coefficient (Wildman–Crippen LogP) is 3.05. The SMILES string of the molecule is O=C(OCc1ccccc1)N1CCC2(CC1)NCCc1ccoc12. The van der Waals surface area contributed by atoms with Crippen LogP contribution in [-0.2, 0) is 23.3 Å². The van der Waals surface area contributed by atoms with E-state index in [2.05, 4.69) is 11.4 Å². The summed E-state index contributed by atoms with van der Waals surface area (Å²) in [5.74, 6) is 1.06. The van der Waals surface area contributed by atoms with E-state index in [1.54, 1.807) is 11.2 Å². The molecule has 2 aliphatic heterocycles. The monoisotopic (exact) mass is 326 g/mol. The second-order valence-corrected chi connectivity index (χ2v) is 6.56. The maximum atomic E-state index is 12.3. The van der Waals surface area contributed by atoms with Crippen LogP contribution in [0.2, 0.25) is 0 Å². The fourth-order valence-electron chi connectivity index (χ4n) is 3.75. The van der Waals surface area contributed by atoms with Gasteiger partial charge in [-0.3, -0.25) is 0 Å². The summed E-state index contributed by atoms with van der Waals surface area (Å²) in [4.78, 5) is 14.1. The normalized spacial score (nSPS) is 19.1. The van der Waals surface area contributed by atoms with Crippen molar-refractivity contribution in [3.8, 4) is 0 Å². The van der Waals surface area contributed by atoms with Crippen molar-refractivity contribution in [3.63, 3.8) is 0 Å². The van der Waals surface area contributed by atoms with Crippen LogP contribution in [0.3, 0.4) is 0 Å². The van der Waals surface area contributed by atoms with Crippen LogP contribution in [0.4, 0.5) is 4.79 Å². The minimum atomic E-state index is -0.232. The largest absolute Gasteiger partial charge is 0.467 e. The highest BCUT2D eigenvalue weighted by Gasteiger charge is 2.42. The zero-order valence-corrected chi connectivity index (χ0v) is 13.7. The molecule has 1 spiro atoms. The number of furan rings is 1. The summed E-state index contributed by atoms with van der Waals surface area (Å²) in [7, 11) is 0. The fraction of sp³-hybridized carbons (Fsp3) is 0.421. The van der Waals surface area contributed by atoms with Gasteiger partial charge in [-0.05, 0) is 36.5 Å². The van der Waals surface area contributed by atoms with Crippen molar-refractivity contribution < 1.29 is 13.9 Å². The van der Waals surface area contributed by atoms with Crippen LogP contribution in [0.25, 0.3) is 0 Å². The van der Waals surface area contributed by atoms with Gasteiger partial charge < -0.3 is 19.4 Å². The van der Waals surface area contributed by atoms with Crippen molar-refractivity contribution in [2.24, 2.45) is 0 Å². The second-order valence-electron chi connectivity index (χ2n) is 6.56. The lowest BCUT2D eigenvalue weighted by molar-refractivity contribution is 0.0650. The molecule has 0 atom stereocenters. The van der Waals surface area contributed by atoms with Crippen molar-refractivity contribution in [2.45, 2.75) is 31.4 Å². The van der Waals surface area contributed by atoms with E-state index in [-0.39, 0.29) is 11.6 Å². The molecule has 1 N–H and O–H groups in total. The highest BCUT2D eigenvalue weighted by atomic mass is 16.6. The van der Waals surface area contributed by atoms with Crippen LogP contribution >= 0.6 is 0 Å². The first kappa shape index (κ1) is 15.3. The van der Waals surface area contributed by atoms with Gasteiger partial charge in [0.1, 0.15) is 12.4 Å². The van der Waals surface area contributed by atoms with Gasteiger partial charge >= 0.3 is 6.09 Å². The molecule has 126 valence electrons. The maximum Gasteiger partial charge on any atom is 0.410 e. The molecule has 5 nitrogen and oxygen atoms in total. The molecule has 0 bridgehead atoms. The molecule has 1 amide bonds. The van der Waals surface area contributed by atoms with Crippen LogP contribution in [0.1, 0.15) is 29.7 Å². The average Bonchev–Trinajstić information content (AvgIpc) is 3.12. The third-order valence-corrected chi connectivity index (χ3v) is 5.12. The Morgan fingerprint density at radius 1 is 1.21 bits per heavy atom. The van der Waals surface area contributed by atoms with Gasteiger partial charge in [0.25, 0.3) is 0 Å². The molecule has 0 saturated carbocycles. The Hall–Kier alpha value is -2.27. The zero-order valence-electron chi connectivity index (χ0n) is 13.7. The molecule has 0 unspecified atom stereocenters. The summed E-state index contributed by atoms with van der Waals surface area (Å²) >= 11 is 0. The van der Waals surface area contributed by atoms with E-state index in [4.69, 9.17) is 9.15 Å². The topological polar surface area (TPSA) is 54.7 Å². The zero-order chi connectivity index (χ0) is 16.4. The van der Waals surface area contributed by atoms with Gasteiger partial charge in [-0.2, -0.15) is 0 Å². The van der Waals surface area contributed by atoms with Gasteiger partial charge in [0.2, 0.25) is 0 Å². The number of fused-ring (bicyclic) bond motifs is 2. The third-order valence-electron chi connectivity index (χ3n) is 5.12. The Labute approximate surface area is 141 Å². The van der Waals surface area contributed by atoms with Gasteiger partial charge in [-0.15, -0.1) is 0 Å². The van der Waals surface area contributed by atoms with Gasteiger partial charge in [0.15, 0.2) is 0 Å². The van der Waals surface area contributed by atoms with Crippen LogP contribution in [-0.4, -0.2) is 30.6 Å². The lowest BCUT2D eigenvalue weighted by Gasteiger charge is -2.43. The molecule has 0 aliphatic carbocycles. The van der Waals surface area contributed by atoms with E-state index >= 15 is 0 Å². The number of piperidine rings is 1. The average molecular weight is 326 g/mol. The number of hydrogen-bond donors (Lipinski definition) is 1. The first-order chi connectivity index (χ1) is 11.8. The third kappa shape index (κ3) is 2.80. The molecule has 1 aromatic heterocycles. The number of hydrogen-bond acceptors (Lipinski definition) is 4. The van der Waals surface area contributed by atoms with Gasteiger partial charge in [-0.1, -0.05) is 30.3 Å². The predicted molar refractivity (Wildman–Crippen MR) is 89.5 cm³/mol.